The molecule has 118 valence electrons. The maximum atomic E-state index is 12.2. The Morgan fingerprint density at radius 2 is 2.10 bits per heavy atom. The zero-order valence-electron chi connectivity index (χ0n) is 11.8. The summed E-state index contributed by atoms with van der Waals surface area (Å²) in [5.41, 5.74) is 5.90. The molecule has 0 heterocycles. The van der Waals surface area contributed by atoms with Gasteiger partial charge in [-0.15, -0.1) is 0 Å². The molecule has 7 nitrogen and oxygen atoms in total. The summed E-state index contributed by atoms with van der Waals surface area (Å²) in [7, 11) is -2.73. The van der Waals surface area contributed by atoms with Crippen LogP contribution in [0.15, 0.2) is 21.5 Å². The van der Waals surface area contributed by atoms with Crippen LogP contribution in [-0.2, 0) is 10.0 Å². The van der Waals surface area contributed by atoms with E-state index in [0.29, 0.717) is 11.0 Å². The van der Waals surface area contributed by atoms with Crippen LogP contribution in [0.4, 0.5) is 10.5 Å². The third-order valence-electron chi connectivity index (χ3n) is 2.62. The monoisotopic (exact) mass is 379 g/mol. The van der Waals surface area contributed by atoms with E-state index in [0.717, 1.165) is 12.8 Å². The Balaban J connectivity index is 2.97. The van der Waals surface area contributed by atoms with Gasteiger partial charge >= 0.3 is 6.03 Å². The van der Waals surface area contributed by atoms with Crippen molar-refractivity contribution in [1.82, 2.24) is 10.0 Å². The lowest BCUT2D eigenvalue weighted by Gasteiger charge is -2.13. The average molecular weight is 380 g/mol. The molecule has 0 aliphatic carbocycles. The van der Waals surface area contributed by atoms with Gasteiger partial charge in [-0.05, 0) is 34.5 Å². The number of amides is 2. The van der Waals surface area contributed by atoms with Crippen LogP contribution in [0.1, 0.15) is 19.8 Å². The summed E-state index contributed by atoms with van der Waals surface area (Å²) in [4.78, 5) is 11.4. The normalized spacial score (nSPS) is 11.0. The first-order chi connectivity index (χ1) is 9.81. The molecule has 1 aromatic rings. The zero-order chi connectivity index (χ0) is 16.0. The number of hydrogen-bond acceptors (Lipinski definition) is 5. The van der Waals surface area contributed by atoms with Gasteiger partial charge in [0.2, 0.25) is 0 Å². The molecule has 0 aliphatic rings. The van der Waals surface area contributed by atoms with Gasteiger partial charge in [0.15, 0.2) is 0 Å². The van der Waals surface area contributed by atoms with Crippen LogP contribution >= 0.6 is 15.9 Å². The van der Waals surface area contributed by atoms with E-state index in [1.54, 1.807) is 0 Å². The van der Waals surface area contributed by atoms with Gasteiger partial charge in [0.05, 0.1) is 7.11 Å². The molecule has 0 fully saturated rings. The number of halogens is 1. The number of urea groups is 1. The third-order valence-corrected chi connectivity index (χ3v) is 4.65. The Morgan fingerprint density at radius 1 is 1.43 bits per heavy atom. The number of unbranched alkanes of at least 4 members (excludes halogenated alkanes) is 1. The van der Waals surface area contributed by atoms with Gasteiger partial charge in [-0.3, -0.25) is 0 Å². The highest BCUT2D eigenvalue weighted by Crippen LogP contribution is 2.32. The van der Waals surface area contributed by atoms with Crippen molar-refractivity contribution in [2.45, 2.75) is 24.7 Å². The van der Waals surface area contributed by atoms with E-state index >= 15 is 0 Å². The van der Waals surface area contributed by atoms with E-state index in [2.05, 4.69) is 21.2 Å². The highest BCUT2D eigenvalue weighted by Gasteiger charge is 2.23. The number of sulfonamides is 1. The van der Waals surface area contributed by atoms with Crippen molar-refractivity contribution in [1.29, 1.82) is 0 Å². The molecule has 0 saturated heterocycles. The quantitative estimate of drug-likeness (QED) is 0.515. The summed E-state index contributed by atoms with van der Waals surface area (Å²) in [6.07, 6.45) is 1.66. The standard InChI is InChI=1S/C12H18BrN3O4S/c1-3-4-5-15-12(17)16-21(18,19)11-7-9(14)8(13)6-10(11)20-2/h6-7H,3-5,14H2,1-2H3,(H2,15,16,17). The molecule has 0 unspecified atom stereocenters. The molecule has 0 aliphatic heterocycles. The molecule has 0 saturated carbocycles. The van der Waals surface area contributed by atoms with Crippen molar-refractivity contribution < 1.29 is 17.9 Å². The second-order valence-electron chi connectivity index (χ2n) is 4.24. The van der Waals surface area contributed by atoms with Crippen LogP contribution in [0.5, 0.6) is 5.75 Å². The van der Waals surface area contributed by atoms with Gasteiger partial charge < -0.3 is 15.8 Å². The summed E-state index contributed by atoms with van der Waals surface area (Å²) in [5, 5.41) is 2.46. The SMILES string of the molecule is CCCCNC(=O)NS(=O)(=O)c1cc(N)c(Br)cc1OC. The van der Waals surface area contributed by atoms with Crippen LogP contribution in [0.3, 0.4) is 0 Å². The molecule has 1 rings (SSSR count). The second kappa shape index (κ2) is 7.51. The van der Waals surface area contributed by atoms with E-state index in [1.807, 2.05) is 11.6 Å². The summed E-state index contributed by atoms with van der Waals surface area (Å²) in [5.74, 6) is 0.0879. The maximum absolute atomic E-state index is 12.2. The molecular weight excluding hydrogens is 362 g/mol. The first-order valence-corrected chi connectivity index (χ1v) is 8.53. The maximum Gasteiger partial charge on any atom is 0.328 e. The Labute approximate surface area is 132 Å². The minimum Gasteiger partial charge on any atom is -0.495 e. The Bertz CT molecular complexity index is 619. The van der Waals surface area contributed by atoms with Gasteiger partial charge in [0.1, 0.15) is 10.6 Å². The van der Waals surface area contributed by atoms with Crippen molar-refractivity contribution in [3.63, 3.8) is 0 Å². The summed E-state index contributed by atoms with van der Waals surface area (Å²) in [6.45, 7) is 2.36. The molecule has 0 bridgehead atoms. The minimum absolute atomic E-state index is 0.0879. The number of rotatable bonds is 6. The van der Waals surface area contributed by atoms with Crippen LogP contribution in [0, 0.1) is 0 Å². The third kappa shape index (κ3) is 4.78. The molecule has 0 atom stereocenters. The second-order valence-corrected chi connectivity index (χ2v) is 6.74. The fraction of sp³-hybridized carbons (Fsp3) is 0.417. The summed E-state index contributed by atoms with van der Waals surface area (Å²) >= 11 is 3.18. The van der Waals surface area contributed by atoms with Crippen molar-refractivity contribution in [3.05, 3.63) is 16.6 Å². The Hall–Kier alpha value is -1.48. The Morgan fingerprint density at radius 3 is 2.67 bits per heavy atom. The lowest BCUT2D eigenvalue weighted by atomic mass is 10.3. The van der Waals surface area contributed by atoms with Crippen LogP contribution < -0.4 is 20.5 Å². The van der Waals surface area contributed by atoms with Crippen LogP contribution in [-0.4, -0.2) is 28.1 Å². The molecule has 9 heteroatoms. The number of nitrogens with two attached hydrogens (primary N) is 1. The number of nitrogen functional groups attached to an aromatic ring is 1. The first-order valence-electron chi connectivity index (χ1n) is 6.25. The van der Waals surface area contributed by atoms with E-state index in [-0.39, 0.29) is 16.3 Å². The van der Waals surface area contributed by atoms with Gasteiger partial charge in [0, 0.05) is 16.7 Å². The molecule has 0 aromatic heterocycles. The highest BCUT2D eigenvalue weighted by atomic mass is 79.9. The van der Waals surface area contributed by atoms with Crippen LogP contribution in [0.25, 0.3) is 0 Å². The fourth-order valence-electron chi connectivity index (χ4n) is 1.51. The number of carbonyl (C=O) groups is 1. The number of hydrogen-bond donors (Lipinski definition) is 3. The van der Waals surface area contributed by atoms with Gasteiger partial charge in [0.25, 0.3) is 10.0 Å². The van der Waals surface area contributed by atoms with E-state index in [4.69, 9.17) is 10.5 Å². The lowest BCUT2D eigenvalue weighted by Crippen LogP contribution is -2.39. The van der Waals surface area contributed by atoms with Crippen molar-refractivity contribution >= 4 is 37.7 Å². The van der Waals surface area contributed by atoms with Crippen molar-refractivity contribution in [3.8, 4) is 5.75 Å². The van der Waals surface area contributed by atoms with Crippen molar-refractivity contribution in [2.75, 3.05) is 19.4 Å². The number of methoxy groups -OCH3 is 1. The number of nitrogens with one attached hydrogen (secondary N) is 2. The van der Waals surface area contributed by atoms with Gasteiger partial charge in [-0.25, -0.2) is 17.9 Å². The molecule has 0 spiro atoms. The molecule has 2 amide bonds. The van der Waals surface area contributed by atoms with E-state index in [9.17, 15) is 13.2 Å². The molecular formula is C12H18BrN3O4S. The highest BCUT2D eigenvalue weighted by molar-refractivity contribution is 9.10. The van der Waals surface area contributed by atoms with Gasteiger partial charge in [-0.1, -0.05) is 13.3 Å². The summed E-state index contributed by atoms with van der Waals surface area (Å²) < 4.78 is 31.8. The van der Waals surface area contributed by atoms with E-state index in [1.165, 1.54) is 19.2 Å². The number of anilines is 1. The number of carbonyl (C=O) groups excluding carboxylic acids is 1. The molecule has 4 N–H and O–H groups in total. The fourth-order valence-corrected chi connectivity index (χ4v) is 2.95. The number of ether oxygens (including phenoxy) is 1. The molecule has 1 aromatic carbocycles. The Kier molecular flexibility index (Phi) is 6.28. The zero-order valence-corrected chi connectivity index (χ0v) is 14.2. The number of benzene rings is 1. The predicted octanol–water partition coefficient (Wildman–Crippen LogP) is 1.83. The van der Waals surface area contributed by atoms with Crippen molar-refractivity contribution in [2.24, 2.45) is 0 Å². The van der Waals surface area contributed by atoms with Crippen LogP contribution in [0.2, 0.25) is 0 Å². The average Bonchev–Trinajstić information content (AvgIpc) is 2.41. The molecule has 21 heavy (non-hydrogen) atoms. The largest absolute Gasteiger partial charge is 0.495 e. The minimum atomic E-state index is -4.07. The topological polar surface area (TPSA) is 111 Å². The molecule has 0 radical (unpaired) electrons. The van der Waals surface area contributed by atoms with Gasteiger partial charge in [-0.2, -0.15) is 0 Å². The predicted molar refractivity (Wildman–Crippen MR) is 83.7 cm³/mol. The first kappa shape index (κ1) is 17.6. The lowest BCUT2D eigenvalue weighted by molar-refractivity contribution is 0.245. The smallest absolute Gasteiger partial charge is 0.328 e. The van der Waals surface area contributed by atoms with E-state index < -0.39 is 16.1 Å². The summed E-state index contributed by atoms with van der Waals surface area (Å²) in [6, 6.07) is 1.87.